The van der Waals surface area contributed by atoms with Crippen molar-refractivity contribution in [2.24, 2.45) is 0 Å². The van der Waals surface area contributed by atoms with Crippen LogP contribution in [0.25, 0.3) is 11.5 Å². The van der Waals surface area contributed by atoms with E-state index in [1.807, 2.05) is 91.9 Å². The predicted octanol–water partition coefficient (Wildman–Crippen LogP) is 5.20. The summed E-state index contributed by atoms with van der Waals surface area (Å²) >= 11 is 0. The summed E-state index contributed by atoms with van der Waals surface area (Å²) in [5, 5.41) is 18.3. The van der Waals surface area contributed by atoms with Gasteiger partial charge in [0, 0.05) is 18.4 Å². The topological polar surface area (TPSA) is 103 Å². The highest BCUT2D eigenvalue weighted by Gasteiger charge is 2.18. The molecular formula is C29H26N4O4. The molecule has 0 radical (unpaired) electrons. The molecule has 5 rings (SSSR count). The van der Waals surface area contributed by atoms with Crippen LogP contribution in [-0.2, 0) is 19.4 Å². The number of oxazole rings is 1. The van der Waals surface area contributed by atoms with Gasteiger partial charge in [0.1, 0.15) is 17.2 Å². The maximum absolute atomic E-state index is 11.8. The lowest BCUT2D eigenvalue weighted by Crippen LogP contribution is -2.05. The summed E-state index contributed by atoms with van der Waals surface area (Å²) < 4.78 is 11.8. The van der Waals surface area contributed by atoms with Crippen molar-refractivity contribution in [3.8, 4) is 17.2 Å². The number of aromatic nitrogens is 4. The fraction of sp³-hybridized carbons (Fsp3) is 0.172. The highest BCUT2D eigenvalue weighted by molar-refractivity contribution is 5.86. The molecule has 0 amide bonds. The molecule has 8 nitrogen and oxygen atoms in total. The summed E-state index contributed by atoms with van der Waals surface area (Å²) in [7, 11) is 0. The number of carbonyl (C=O) groups is 1. The lowest BCUT2D eigenvalue weighted by atomic mass is 10.1. The zero-order valence-corrected chi connectivity index (χ0v) is 20.4. The molecule has 0 saturated carbocycles. The Hall–Kier alpha value is -4.72. The number of benzene rings is 3. The van der Waals surface area contributed by atoms with Gasteiger partial charge in [0.15, 0.2) is 5.69 Å². The van der Waals surface area contributed by atoms with E-state index in [0.29, 0.717) is 43.3 Å². The molecule has 37 heavy (non-hydrogen) atoms. The Labute approximate surface area is 214 Å². The lowest BCUT2D eigenvalue weighted by Gasteiger charge is -2.07. The van der Waals surface area contributed by atoms with Gasteiger partial charge in [0.2, 0.25) is 5.89 Å². The van der Waals surface area contributed by atoms with Gasteiger partial charge in [-0.25, -0.2) is 9.78 Å². The SMILES string of the molecule is Cc1oc(-c2ccccc2)nc1CCOc1cccc(Cc2nn(Cc3ccccc3)nc2C(=O)O)c1. The second-order valence-electron chi connectivity index (χ2n) is 8.63. The van der Waals surface area contributed by atoms with Crippen LogP contribution in [0.5, 0.6) is 5.75 Å². The van der Waals surface area contributed by atoms with Gasteiger partial charge in [-0.2, -0.15) is 9.90 Å². The molecule has 3 aromatic carbocycles. The number of carboxylic acid groups (broad SMARTS) is 1. The Balaban J connectivity index is 1.23. The molecule has 0 fully saturated rings. The van der Waals surface area contributed by atoms with E-state index in [1.165, 1.54) is 4.80 Å². The van der Waals surface area contributed by atoms with Crippen LogP contribution in [0.1, 0.15) is 38.8 Å². The zero-order chi connectivity index (χ0) is 25.6. The first-order valence-corrected chi connectivity index (χ1v) is 12.0. The standard InChI is InChI=1S/C29H26N4O4/c1-20-25(30-28(37-20)23-12-6-3-7-13-23)15-16-36-24-14-8-11-22(17-24)18-26-27(29(34)35)32-33(31-26)19-21-9-4-2-5-10-21/h2-14,17H,15-16,18-19H2,1H3,(H,34,35). The lowest BCUT2D eigenvalue weighted by molar-refractivity contribution is 0.0688. The van der Waals surface area contributed by atoms with Gasteiger partial charge in [-0.15, -0.1) is 5.10 Å². The van der Waals surface area contributed by atoms with Crippen LogP contribution >= 0.6 is 0 Å². The van der Waals surface area contributed by atoms with Crippen LogP contribution in [0.4, 0.5) is 0 Å². The molecule has 5 aromatic rings. The number of ether oxygens (including phenoxy) is 1. The average Bonchev–Trinajstić information content (AvgIpc) is 3.48. The summed E-state index contributed by atoms with van der Waals surface area (Å²) in [6, 6.07) is 27.0. The first-order valence-electron chi connectivity index (χ1n) is 12.0. The molecule has 0 atom stereocenters. The highest BCUT2D eigenvalue weighted by atomic mass is 16.5. The van der Waals surface area contributed by atoms with Crippen molar-refractivity contribution in [3.63, 3.8) is 0 Å². The predicted molar refractivity (Wildman–Crippen MR) is 138 cm³/mol. The third kappa shape index (κ3) is 5.92. The van der Waals surface area contributed by atoms with Crippen molar-refractivity contribution in [3.05, 3.63) is 119 Å². The van der Waals surface area contributed by atoms with Crippen LogP contribution in [0.2, 0.25) is 0 Å². The first kappa shape index (κ1) is 24.0. The average molecular weight is 495 g/mol. The number of carboxylic acids is 1. The number of hydrogen-bond acceptors (Lipinski definition) is 6. The van der Waals surface area contributed by atoms with Crippen LogP contribution in [0.15, 0.2) is 89.3 Å². The van der Waals surface area contributed by atoms with E-state index in [2.05, 4.69) is 15.2 Å². The zero-order valence-electron chi connectivity index (χ0n) is 20.4. The summed E-state index contributed by atoms with van der Waals surface area (Å²) in [6.07, 6.45) is 0.930. The third-order valence-corrected chi connectivity index (χ3v) is 5.89. The molecule has 2 aromatic heterocycles. The minimum atomic E-state index is -1.10. The third-order valence-electron chi connectivity index (χ3n) is 5.89. The summed E-state index contributed by atoms with van der Waals surface area (Å²) in [6.45, 7) is 2.73. The normalized spacial score (nSPS) is 10.9. The minimum Gasteiger partial charge on any atom is -0.493 e. The summed E-state index contributed by atoms with van der Waals surface area (Å²) in [5.41, 5.74) is 4.04. The van der Waals surface area contributed by atoms with Crippen molar-refractivity contribution in [2.75, 3.05) is 6.61 Å². The smallest absolute Gasteiger partial charge is 0.358 e. The van der Waals surface area contributed by atoms with Crippen LogP contribution in [0.3, 0.4) is 0 Å². The van der Waals surface area contributed by atoms with Crippen molar-refractivity contribution < 1.29 is 19.1 Å². The fourth-order valence-electron chi connectivity index (χ4n) is 4.05. The van der Waals surface area contributed by atoms with E-state index in [1.54, 1.807) is 0 Å². The second kappa shape index (κ2) is 10.9. The van der Waals surface area contributed by atoms with Gasteiger partial charge in [-0.3, -0.25) is 0 Å². The van der Waals surface area contributed by atoms with Crippen LogP contribution in [0, 0.1) is 6.92 Å². The van der Waals surface area contributed by atoms with E-state index < -0.39 is 5.97 Å². The van der Waals surface area contributed by atoms with E-state index >= 15 is 0 Å². The molecule has 0 spiro atoms. The van der Waals surface area contributed by atoms with Crippen LogP contribution in [-0.4, -0.2) is 37.7 Å². The van der Waals surface area contributed by atoms with Crippen molar-refractivity contribution in [1.29, 1.82) is 0 Å². The second-order valence-corrected chi connectivity index (χ2v) is 8.63. The molecule has 2 heterocycles. The van der Waals surface area contributed by atoms with Crippen molar-refractivity contribution >= 4 is 5.97 Å². The highest BCUT2D eigenvalue weighted by Crippen LogP contribution is 2.22. The fourth-order valence-corrected chi connectivity index (χ4v) is 4.05. The molecule has 0 saturated heterocycles. The number of rotatable bonds is 10. The van der Waals surface area contributed by atoms with E-state index in [0.717, 1.165) is 28.1 Å². The minimum absolute atomic E-state index is 0.0435. The summed E-state index contributed by atoms with van der Waals surface area (Å²) in [4.78, 5) is 17.8. The van der Waals surface area contributed by atoms with Gasteiger partial charge in [0.25, 0.3) is 0 Å². The molecule has 1 N–H and O–H groups in total. The van der Waals surface area contributed by atoms with Crippen molar-refractivity contribution in [2.45, 2.75) is 26.3 Å². The Morgan fingerprint density at radius 3 is 2.41 bits per heavy atom. The molecule has 186 valence electrons. The Morgan fingerprint density at radius 2 is 1.65 bits per heavy atom. The monoisotopic (exact) mass is 494 g/mol. The van der Waals surface area contributed by atoms with Crippen LogP contribution < -0.4 is 4.74 Å². The van der Waals surface area contributed by atoms with Gasteiger partial charge >= 0.3 is 5.97 Å². The molecule has 0 aliphatic rings. The Morgan fingerprint density at radius 1 is 0.919 bits per heavy atom. The molecule has 0 aliphatic heterocycles. The largest absolute Gasteiger partial charge is 0.493 e. The number of aromatic carboxylic acids is 1. The van der Waals surface area contributed by atoms with Gasteiger partial charge < -0.3 is 14.3 Å². The quantitative estimate of drug-likeness (QED) is 0.285. The molecular weight excluding hydrogens is 468 g/mol. The maximum Gasteiger partial charge on any atom is 0.358 e. The molecule has 0 bridgehead atoms. The Kier molecular flexibility index (Phi) is 7.07. The first-order chi connectivity index (χ1) is 18.0. The number of aryl methyl sites for hydroxylation is 1. The van der Waals surface area contributed by atoms with Gasteiger partial charge in [-0.1, -0.05) is 60.7 Å². The summed E-state index contributed by atoms with van der Waals surface area (Å²) in [5.74, 6) is 0.968. The van der Waals surface area contributed by atoms with Gasteiger partial charge in [0.05, 0.1) is 18.8 Å². The Bertz CT molecular complexity index is 1490. The molecule has 0 unspecified atom stereocenters. The molecule has 8 heteroatoms. The van der Waals surface area contributed by atoms with E-state index in [-0.39, 0.29) is 5.69 Å². The van der Waals surface area contributed by atoms with E-state index in [9.17, 15) is 9.90 Å². The maximum atomic E-state index is 11.8. The van der Waals surface area contributed by atoms with Crippen molar-refractivity contribution in [1.82, 2.24) is 20.0 Å². The van der Waals surface area contributed by atoms with Gasteiger partial charge in [-0.05, 0) is 42.3 Å². The number of nitrogens with zero attached hydrogens (tertiary/aromatic N) is 4. The molecule has 0 aliphatic carbocycles. The number of hydrogen-bond donors (Lipinski definition) is 1. The van der Waals surface area contributed by atoms with E-state index in [4.69, 9.17) is 9.15 Å².